The molecule has 0 amide bonds. The number of anilines is 1. The van der Waals surface area contributed by atoms with Gasteiger partial charge in [-0.25, -0.2) is 0 Å². The third kappa shape index (κ3) is 5.44. The van der Waals surface area contributed by atoms with Crippen molar-refractivity contribution >= 4 is 11.3 Å². The zero-order valence-electron chi connectivity index (χ0n) is 22.2. The number of hydrogen-bond acceptors (Lipinski definition) is 4. The van der Waals surface area contributed by atoms with E-state index in [1.807, 2.05) is 6.92 Å². The Balaban J connectivity index is 1.96. The quantitative estimate of drug-likeness (QED) is 0.276. The number of benzene rings is 3. The first kappa shape index (κ1) is 25.8. The van der Waals surface area contributed by atoms with E-state index in [-0.39, 0.29) is 0 Å². The highest BCUT2D eigenvalue weighted by Crippen LogP contribution is 2.49. The molecule has 0 N–H and O–H groups in total. The van der Waals surface area contributed by atoms with E-state index in [0.29, 0.717) is 0 Å². The molecule has 0 unspecified atom stereocenters. The molecule has 1 aliphatic rings. The number of hydrogen-bond donors (Lipinski definition) is 0. The second-order valence-electron chi connectivity index (χ2n) is 9.45. The average molecular weight is 486 g/mol. The molecule has 190 valence electrons. The van der Waals surface area contributed by atoms with Gasteiger partial charge in [0.1, 0.15) is 11.5 Å². The lowest BCUT2D eigenvalue weighted by atomic mass is 9.87. The first-order chi connectivity index (χ1) is 17.6. The molecule has 0 radical (unpaired) electrons. The van der Waals surface area contributed by atoms with E-state index in [1.54, 1.807) is 14.2 Å². The molecule has 1 fully saturated rings. The molecule has 0 saturated carbocycles. The first-order valence-electron chi connectivity index (χ1n) is 13.0. The van der Waals surface area contributed by atoms with E-state index in [9.17, 15) is 0 Å². The van der Waals surface area contributed by atoms with Crippen LogP contribution < -0.4 is 14.4 Å². The number of rotatable bonds is 10. The van der Waals surface area contributed by atoms with Crippen LogP contribution in [0.4, 0.5) is 5.69 Å². The molecule has 0 atom stereocenters. The lowest BCUT2D eigenvalue weighted by molar-refractivity contribution is 0.122. The summed E-state index contributed by atoms with van der Waals surface area (Å²) in [7, 11) is 3.52. The van der Waals surface area contributed by atoms with Gasteiger partial charge in [0.25, 0.3) is 0 Å². The molecule has 3 aromatic rings. The molecule has 0 bridgehead atoms. The van der Waals surface area contributed by atoms with Crippen LogP contribution in [-0.2, 0) is 11.2 Å². The molecule has 1 saturated heterocycles. The highest BCUT2D eigenvalue weighted by molar-refractivity contribution is 5.93. The van der Waals surface area contributed by atoms with E-state index in [1.165, 1.54) is 29.7 Å². The van der Waals surface area contributed by atoms with Crippen LogP contribution in [0.25, 0.3) is 27.8 Å². The summed E-state index contributed by atoms with van der Waals surface area (Å²) in [6.07, 6.45) is 4.47. The van der Waals surface area contributed by atoms with Crippen molar-refractivity contribution in [2.24, 2.45) is 0 Å². The van der Waals surface area contributed by atoms with Crippen LogP contribution in [0.3, 0.4) is 0 Å². The number of morpholine rings is 1. The van der Waals surface area contributed by atoms with Gasteiger partial charge in [-0.05, 0) is 60.2 Å². The Bertz CT molecular complexity index is 1190. The zero-order chi connectivity index (χ0) is 25.5. The van der Waals surface area contributed by atoms with Crippen molar-refractivity contribution in [1.82, 2.24) is 0 Å². The molecule has 0 aliphatic carbocycles. The monoisotopic (exact) mass is 485 g/mol. The lowest BCUT2D eigenvalue weighted by Gasteiger charge is -2.29. The van der Waals surface area contributed by atoms with Gasteiger partial charge in [-0.15, -0.1) is 0 Å². The van der Waals surface area contributed by atoms with E-state index in [2.05, 4.69) is 73.0 Å². The Morgan fingerprint density at radius 2 is 1.72 bits per heavy atom. The van der Waals surface area contributed by atoms with Crippen LogP contribution >= 0.6 is 0 Å². The van der Waals surface area contributed by atoms with Gasteiger partial charge >= 0.3 is 0 Å². The van der Waals surface area contributed by atoms with Crippen LogP contribution in [0.5, 0.6) is 11.5 Å². The van der Waals surface area contributed by atoms with Crippen molar-refractivity contribution in [3.8, 4) is 33.8 Å². The van der Waals surface area contributed by atoms with Gasteiger partial charge in [0, 0.05) is 24.3 Å². The van der Waals surface area contributed by atoms with Gasteiger partial charge in [0.15, 0.2) is 0 Å². The van der Waals surface area contributed by atoms with Crippen molar-refractivity contribution in [1.29, 1.82) is 0 Å². The molecule has 1 aliphatic heterocycles. The molecule has 4 nitrogen and oxygen atoms in total. The summed E-state index contributed by atoms with van der Waals surface area (Å²) in [5, 5.41) is 0. The molecular formula is C32H39NO3. The summed E-state index contributed by atoms with van der Waals surface area (Å²) < 4.78 is 17.8. The molecule has 4 heteroatoms. The molecule has 3 aromatic carbocycles. The maximum atomic E-state index is 6.25. The van der Waals surface area contributed by atoms with Crippen LogP contribution in [0, 0.1) is 0 Å². The summed E-state index contributed by atoms with van der Waals surface area (Å²) >= 11 is 0. The summed E-state index contributed by atoms with van der Waals surface area (Å²) in [6.45, 7) is 11.9. The summed E-state index contributed by atoms with van der Waals surface area (Å²) in [4.78, 5) is 2.40. The third-order valence-corrected chi connectivity index (χ3v) is 6.97. The fraction of sp³-hybridized carbons (Fsp3) is 0.375. The molecule has 0 spiro atoms. The molecule has 36 heavy (non-hydrogen) atoms. The standard InChI is InChI=1S/C32H39NO3/c1-6-7-8-12-25-22-29(34-4)31(28-16-10-9-15-27(28)23(2)3)32(35-5)30(25)24-13-11-14-26(21-24)33-17-19-36-20-18-33/h9-11,13-16,21-22H,2,6-8,12,17-20H2,1,3-5H3. The fourth-order valence-electron chi connectivity index (χ4n) is 5.14. The smallest absolute Gasteiger partial charge is 0.138 e. The normalized spacial score (nSPS) is 13.5. The van der Waals surface area contributed by atoms with Gasteiger partial charge in [-0.3, -0.25) is 0 Å². The summed E-state index contributed by atoms with van der Waals surface area (Å²) in [5.41, 5.74) is 8.95. The highest BCUT2D eigenvalue weighted by Gasteiger charge is 2.24. The summed E-state index contributed by atoms with van der Waals surface area (Å²) in [6, 6.07) is 19.4. The predicted molar refractivity (Wildman–Crippen MR) is 151 cm³/mol. The van der Waals surface area contributed by atoms with Gasteiger partial charge in [0.05, 0.1) is 33.0 Å². The minimum atomic E-state index is 0.764. The molecular weight excluding hydrogens is 446 g/mol. The minimum Gasteiger partial charge on any atom is -0.496 e. The Labute approximate surface area is 216 Å². The Morgan fingerprint density at radius 1 is 0.944 bits per heavy atom. The van der Waals surface area contributed by atoms with Gasteiger partial charge in [-0.2, -0.15) is 0 Å². The van der Waals surface area contributed by atoms with Crippen LogP contribution in [0.2, 0.25) is 0 Å². The van der Waals surface area contributed by atoms with E-state index >= 15 is 0 Å². The molecule has 4 rings (SSSR count). The largest absolute Gasteiger partial charge is 0.496 e. The van der Waals surface area contributed by atoms with Crippen LogP contribution in [-0.4, -0.2) is 40.5 Å². The number of allylic oxidation sites excluding steroid dienone is 1. The summed E-state index contributed by atoms with van der Waals surface area (Å²) in [5.74, 6) is 1.69. The first-order valence-corrected chi connectivity index (χ1v) is 13.0. The minimum absolute atomic E-state index is 0.764. The Hall–Kier alpha value is -3.24. The zero-order valence-corrected chi connectivity index (χ0v) is 22.2. The number of aryl methyl sites for hydroxylation is 1. The van der Waals surface area contributed by atoms with E-state index < -0.39 is 0 Å². The van der Waals surface area contributed by atoms with E-state index in [0.717, 1.165) is 78.5 Å². The number of unbranched alkanes of at least 4 members (excludes halogenated alkanes) is 2. The highest BCUT2D eigenvalue weighted by atomic mass is 16.5. The third-order valence-electron chi connectivity index (χ3n) is 6.97. The Kier molecular flexibility index (Phi) is 8.71. The van der Waals surface area contributed by atoms with Gasteiger partial charge < -0.3 is 19.1 Å². The molecule has 0 aromatic heterocycles. The van der Waals surface area contributed by atoms with Crippen LogP contribution in [0.1, 0.15) is 44.2 Å². The van der Waals surface area contributed by atoms with Crippen molar-refractivity contribution in [2.45, 2.75) is 39.5 Å². The number of ether oxygens (including phenoxy) is 3. The predicted octanol–water partition coefficient (Wildman–Crippen LogP) is 7.64. The van der Waals surface area contributed by atoms with Crippen molar-refractivity contribution in [2.75, 3.05) is 45.4 Å². The topological polar surface area (TPSA) is 30.9 Å². The second kappa shape index (κ2) is 12.1. The SMILES string of the molecule is C=C(C)c1ccccc1-c1c(OC)cc(CCCCC)c(-c2cccc(N3CCOCC3)c2)c1OC. The average Bonchev–Trinajstić information content (AvgIpc) is 2.92. The van der Waals surface area contributed by atoms with Crippen LogP contribution in [0.15, 0.2) is 61.2 Å². The lowest BCUT2D eigenvalue weighted by Crippen LogP contribution is -2.36. The van der Waals surface area contributed by atoms with Crippen molar-refractivity contribution < 1.29 is 14.2 Å². The fourth-order valence-corrected chi connectivity index (χ4v) is 5.14. The second-order valence-corrected chi connectivity index (χ2v) is 9.45. The molecule has 1 heterocycles. The van der Waals surface area contributed by atoms with Crippen molar-refractivity contribution in [3.63, 3.8) is 0 Å². The van der Waals surface area contributed by atoms with Crippen molar-refractivity contribution in [3.05, 3.63) is 72.3 Å². The number of nitrogens with zero attached hydrogens (tertiary/aromatic N) is 1. The maximum absolute atomic E-state index is 6.25. The maximum Gasteiger partial charge on any atom is 0.138 e. The van der Waals surface area contributed by atoms with E-state index in [4.69, 9.17) is 14.2 Å². The number of methoxy groups -OCH3 is 2. The van der Waals surface area contributed by atoms with Gasteiger partial charge in [0.2, 0.25) is 0 Å². The van der Waals surface area contributed by atoms with Gasteiger partial charge in [-0.1, -0.05) is 68.3 Å². The Morgan fingerprint density at radius 3 is 2.42 bits per heavy atom.